The van der Waals surface area contributed by atoms with E-state index in [0.717, 1.165) is 5.69 Å². The van der Waals surface area contributed by atoms with Crippen LogP contribution in [-0.2, 0) is 4.79 Å². The summed E-state index contributed by atoms with van der Waals surface area (Å²) in [4.78, 5) is 13.2. The van der Waals surface area contributed by atoms with Crippen LogP contribution in [-0.4, -0.2) is 36.8 Å². The minimum absolute atomic E-state index is 0.0435. The predicted octanol–water partition coefficient (Wildman–Crippen LogP) is -0.0781. The standard InChI is InChI=1S/C12H15N2O3/c13-12(16)10-5-8-17-11-4-2-1-3-9(11)14(10)6-7-15/h2-4,10,15H,5-8H2,(H2,13,16). The third-order valence-corrected chi connectivity index (χ3v) is 2.81. The van der Waals surface area contributed by atoms with Gasteiger partial charge in [-0.05, 0) is 18.2 Å². The summed E-state index contributed by atoms with van der Waals surface area (Å²) in [7, 11) is 0. The molecule has 1 aromatic carbocycles. The lowest BCUT2D eigenvalue weighted by Crippen LogP contribution is -2.46. The van der Waals surface area contributed by atoms with Crippen molar-refractivity contribution in [3.8, 4) is 5.75 Å². The fourth-order valence-electron chi connectivity index (χ4n) is 2.04. The first-order valence-corrected chi connectivity index (χ1v) is 5.53. The second kappa shape index (κ2) is 5.05. The zero-order chi connectivity index (χ0) is 12.3. The molecule has 1 amide bonds. The molecule has 2 rings (SSSR count). The first kappa shape index (κ1) is 11.7. The summed E-state index contributed by atoms with van der Waals surface area (Å²) in [5, 5.41) is 9.09. The Bertz CT molecular complexity index is 408. The molecule has 0 fully saturated rings. The third-order valence-electron chi connectivity index (χ3n) is 2.81. The highest BCUT2D eigenvalue weighted by Crippen LogP contribution is 2.32. The van der Waals surface area contributed by atoms with Crippen molar-refractivity contribution >= 4 is 11.6 Å². The van der Waals surface area contributed by atoms with Gasteiger partial charge in [0.05, 0.1) is 18.9 Å². The number of primary amides is 1. The van der Waals surface area contributed by atoms with E-state index in [1.807, 2.05) is 0 Å². The molecular formula is C12H15N2O3. The Morgan fingerprint density at radius 2 is 2.53 bits per heavy atom. The molecule has 1 aliphatic rings. The van der Waals surface area contributed by atoms with E-state index in [2.05, 4.69) is 6.07 Å². The second-order valence-corrected chi connectivity index (χ2v) is 3.87. The van der Waals surface area contributed by atoms with E-state index in [1.165, 1.54) is 0 Å². The minimum Gasteiger partial charge on any atom is -0.491 e. The number of hydrogen-bond acceptors (Lipinski definition) is 4. The first-order valence-electron chi connectivity index (χ1n) is 5.53. The predicted molar refractivity (Wildman–Crippen MR) is 62.8 cm³/mol. The molecule has 0 aromatic heterocycles. The lowest BCUT2D eigenvalue weighted by Gasteiger charge is -2.29. The van der Waals surface area contributed by atoms with E-state index in [9.17, 15) is 4.79 Å². The number of aliphatic hydroxyl groups is 1. The Morgan fingerprint density at radius 1 is 1.71 bits per heavy atom. The maximum atomic E-state index is 11.4. The van der Waals surface area contributed by atoms with Gasteiger partial charge < -0.3 is 20.5 Å². The largest absolute Gasteiger partial charge is 0.491 e. The third kappa shape index (κ3) is 2.34. The van der Waals surface area contributed by atoms with Gasteiger partial charge in [0.25, 0.3) is 0 Å². The van der Waals surface area contributed by atoms with Gasteiger partial charge in [0, 0.05) is 13.0 Å². The molecule has 1 aromatic rings. The van der Waals surface area contributed by atoms with E-state index in [4.69, 9.17) is 15.6 Å². The molecule has 1 heterocycles. The molecule has 5 nitrogen and oxygen atoms in total. The topological polar surface area (TPSA) is 75.8 Å². The number of β-amino-alcohol motifs (C(OH)–C–C–N with tert-alkyl or cyclic N) is 1. The molecule has 1 unspecified atom stereocenters. The van der Waals surface area contributed by atoms with Crippen LogP contribution in [0.1, 0.15) is 6.42 Å². The molecule has 0 bridgehead atoms. The lowest BCUT2D eigenvalue weighted by molar-refractivity contribution is -0.119. The molecular weight excluding hydrogens is 220 g/mol. The molecule has 91 valence electrons. The lowest BCUT2D eigenvalue weighted by atomic mass is 10.1. The Labute approximate surface area is 99.8 Å². The zero-order valence-corrected chi connectivity index (χ0v) is 9.43. The zero-order valence-electron chi connectivity index (χ0n) is 9.43. The van der Waals surface area contributed by atoms with Gasteiger partial charge in [-0.1, -0.05) is 6.07 Å². The van der Waals surface area contributed by atoms with Gasteiger partial charge >= 0.3 is 0 Å². The van der Waals surface area contributed by atoms with Crippen molar-refractivity contribution in [2.45, 2.75) is 12.5 Å². The van der Waals surface area contributed by atoms with Gasteiger partial charge in [-0.25, -0.2) is 0 Å². The maximum absolute atomic E-state index is 11.4. The average Bonchev–Trinajstić information content (AvgIpc) is 2.50. The molecule has 0 spiro atoms. The van der Waals surface area contributed by atoms with Gasteiger partial charge in [0.2, 0.25) is 5.91 Å². The Hall–Kier alpha value is -1.75. The van der Waals surface area contributed by atoms with E-state index >= 15 is 0 Å². The minimum atomic E-state index is -0.445. The number of fused-ring (bicyclic) bond motifs is 1. The summed E-state index contributed by atoms with van der Waals surface area (Å²) in [6, 6.07) is 7.78. The molecule has 3 N–H and O–H groups in total. The molecule has 17 heavy (non-hydrogen) atoms. The maximum Gasteiger partial charge on any atom is 0.240 e. The van der Waals surface area contributed by atoms with Crippen LogP contribution in [0, 0.1) is 6.07 Å². The monoisotopic (exact) mass is 235 g/mol. The summed E-state index contributed by atoms with van der Waals surface area (Å²) >= 11 is 0. The first-order chi connectivity index (χ1) is 8.24. The Kier molecular flexibility index (Phi) is 3.49. The van der Waals surface area contributed by atoms with Crippen molar-refractivity contribution in [2.24, 2.45) is 5.73 Å². The fourth-order valence-corrected chi connectivity index (χ4v) is 2.04. The van der Waals surface area contributed by atoms with Crippen LogP contribution in [0.2, 0.25) is 0 Å². The van der Waals surface area contributed by atoms with E-state index in [-0.39, 0.29) is 6.61 Å². The summed E-state index contributed by atoms with van der Waals surface area (Å²) in [5.41, 5.74) is 6.14. The molecule has 1 aliphatic heterocycles. The number of amides is 1. The summed E-state index contributed by atoms with van der Waals surface area (Å²) in [6.07, 6.45) is 0.518. The SMILES string of the molecule is NC(=O)C1CCOc2cc[c]cc2N1CCO. The number of anilines is 1. The van der Waals surface area contributed by atoms with Gasteiger partial charge in [0.1, 0.15) is 11.8 Å². The van der Waals surface area contributed by atoms with Gasteiger partial charge in [-0.3, -0.25) is 4.79 Å². The highest BCUT2D eigenvalue weighted by Gasteiger charge is 2.28. The number of nitrogens with two attached hydrogens (primary N) is 1. The number of nitrogens with zero attached hydrogens (tertiary/aromatic N) is 1. The highest BCUT2D eigenvalue weighted by molar-refractivity contribution is 5.84. The normalized spacial score (nSPS) is 19.1. The van der Waals surface area contributed by atoms with Crippen molar-refractivity contribution in [2.75, 3.05) is 24.7 Å². The molecule has 0 saturated carbocycles. The molecule has 5 heteroatoms. The number of benzene rings is 1. The van der Waals surface area contributed by atoms with Crippen LogP contribution in [0.4, 0.5) is 5.69 Å². The number of aliphatic hydroxyl groups excluding tert-OH is 1. The molecule has 0 aliphatic carbocycles. The number of ether oxygens (including phenoxy) is 1. The van der Waals surface area contributed by atoms with Crippen LogP contribution in [0.3, 0.4) is 0 Å². The van der Waals surface area contributed by atoms with Crippen LogP contribution in [0.25, 0.3) is 0 Å². The van der Waals surface area contributed by atoms with E-state index in [0.29, 0.717) is 25.3 Å². The van der Waals surface area contributed by atoms with Crippen LogP contribution >= 0.6 is 0 Å². The smallest absolute Gasteiger partial charge is 0.240 e. The van der Waals surface area contributed by atoms with Gasteiger partial charge in [-0.2, -0.15) is 0 Å². The highest BCUT2D eigenvalue weighted by atomic mass is 16.5. The average molecular weight is 235 g/mol. The van der Waals surface area contributed by atoms with Gasteiger partial charge in [-0.15, -0.1) is 0 Å². The number of rotatable bonds is 3. The molecule has 1 radical (unpaired) electrons. The summed E-state index contributed by atoms with van der Waals surface area (Å²) in [5.74, 6) is 0.291. The number of hydrogen-bond donors (Lipinski definition) is 2. The van der Waals surface area contributed by atoms with Crippen LogP contribution in [0.15, 0.2) is 18.2 Å². The van der Waals surface area contributed by atoms with Crippen molar-refractivity contribution in [1.82, 2.24) is 0 Å². The molecule has 0 saturated heterocycles. The van der Waals surface area contributed by atoms with Crippen LogP contribution in [0.5, 0.6) is 5.75 Å². The fraction of sp³-hybridized carbons (Fsp3) is 0.417. The summed E-state index contributed by atoms with van der Waals surface area (Å²) < 4.78 is 5.55. The van der Waals surface area contributed by atoms with E-state index in [1.54, 1.807) is 23.1 Å². The Morgan fingerprint density at radius 3 is 3.24 bits per heavy atom. The molecule has 1 atom stereocenters. The quantitative estimate of drug-likeness (QED) is 0.768. The van der Waals surface area contributed by atoms with E-state index < -0.39 is 11.9 Å². The Balaban J connectivity index is 2.39. The second-order valence-electron chi connectivity index (χ2n) is 3.87. The van der Waals surface area contributed by atoms with Crippen molar-refractivity contribution in [1.29, 1.82) is 0 Å². The van der Waals surface area contributed by atoms with Crippen molar-refractivity contribution in [3.63, 3.8) is 0 Å². The number of carbonyl (C=O) groups is 1. The van der Waals surface area contributed by atoms with Crippen molar-refractivity contribution in [3.05, 3.63) is 24.3 Å². The van der Waals surface area contributed by atoms with Crippen LogP contribution < -0.4 is 15.4 Å². The summed E-state index contributed by atoms with van der Waals surface area (Å²) in [6.45, 7) is 0.743. The number of carbonyl (C=O) groups excluding carboxylic acids is 1. The van der Waals surface area contributed by atoms with Gasteiger partial charge in [0.15, 0.2) is 0 Å². The van der Waals surface area contributed by atoms with Crippen molar-refractivity contribution < 1.29 is 14.6 Å².